The lowest BCUT2D eigenvalue weighted by Gasteiger charge is -2.09. The number of hydrogen-bond acceptors (Lipinski definition) is 8. The Morgan fingerprint density at radius 3 is 2.18 bits per heavy atom. The fourth-order valence-corrected chi connectivity index (χ4v) is 3.48. The molecule has 1 atom stereocenters. The van der Waals surface area contributed by atoms with E-state index in [2.05, 4.69) is 15.0 Å². The minimum atomic E-state index is -2.41. The van der Waals surface area contributed by atoms with Crippen molar-refractivity contribution < 1.29 is 23.5 Å². The van der Waals surface area contributed by atoms with Gasteiger partial charge in [0, 0.05) is 28.2 Å². The van der Waals surface area contributed by atoms with E-state index < -0.39 is 17.2 Å². The summed E-state index contributed by atoms with van der Waals surface area (Å²) < 4.78 is 23.4. The summed E-state index contributed by atoms with van der Waals surface area (Å²) in [5.74, 6) is -1.39. The van der Waals surface area contributed by atoms with Gasteiger partial charge in [-0.15, -0.1) is 0 Å². The maximum atomic E-state index is 12.6. The lowest BCUT2D eigenvalue weighted by Crippen LogP contribution is -2.03. The zero-order valence-electron chi connectivity index (χ0n) is 14.0. The highest BCUT2D eigenvalue weighted by molar-refractivity contribution is 7.80. The number of nitrogens with one attached hydrogen (secondary N) is 2. The Labute approximate surface area is 165 Å². The summed E-state index contributed by atoms with van der Waals surface area (Å²) in [5.41, 5.74) is 7.26. The number of benzene rings is 2. The Morgan fingerprint density at radius 2 is 1.61 bits per heavy atom. The van der Waals surface area contributed by atoms with Gasteiger partial charge in [-0.25, -0.2) is 9.78 Å². The molecular formula is C17H13N4O5S2-. The van der Waals surface area contributed by atoms with Crippen LogP contribution in [-0.2, 0) is 11.3 Å². The molecule has 0 bridgehead atoms. The lowest BCUT2D eigenvalue weighted by atomic mass is 10.1. The van der Waals surface area contributed by atoms with Gasteiger partial charge in [-0.1, -0.05) is 23.5 Å². The first-order chi connectivity index (χ1) is 13.3. The Kier molecular flexibility index (Phi) is 5.68. The number of nitrogen functional groups attached to an aromatic ring is 1. The molecule has 0 saturated carbocycles. The average molecular weight is 417 g/mol. The summed E-state index contributed by atoms with van der Waals surface area (Å²) in [5, 5.41) is 12.3. The normalized spacial score (nSPS) is 11.6. The van der Waals surface area contributed by atoms with Crippen LogP contribution in [0, 0.1) is 0 Å². The molecular weight excluding hydrogens is 404 g/mol. The van der Waals surface area contributed by atoms with E-state index in [1.165, 1.54) is 24.3 Å². The van der Waals surface area contributed by atoms with E-state index in [-0.39, 0.29) is 22.0 Å². The van der Waals surface area contributed by atoms with Crippen LogP contribution in [0.4, 0.5) is 22.3 Å². The molecule has 1 unspecified atom stereocenters. The molecule has 0 amide bonds. The van der Waals surface area contributed by atoms with E-state index in [1.807, 2.05) is 0 Å². The number of carbonyl (C=O) groups is 2. The molecule has 11 heteroatoms. The zero-order valence-corrected chi connectivity index (χ0v) is 15.7. The zero-order chi connectivity index (χ0) is 20.3. The first kappa shape index (κ1) is 19.5. The summed E-state index contributed by atoms with van der Waals surface area (Å²) in [4.78, 5) is 27.9. The molecule has 0 aliphatic heterocycles. The van der Waals surface area contributed by atoms with Crippen LogP contribution in [0.1, 0.15) is 25.6 Å². The van der Waals surface area contributed by atoms with E-state index in [0.717, 1.165) is 11.3 Å². The molecule has 0 fully saturated rings. The second-order valence-electron chi connectivity index (χ2n) is 5.48. The molecule has 9 nitrogen and oxygen atoms in total. The summed E-state index contributed by atoms with van der Waals surface area (Å²) >= 11 is -1.35. The topological polar surface area (TPSA) is 157 Å². The van der Waals surface area contributed by atoms with Crippen LogP contribution in [0.3, 0.4) is 0 Å². The van der Waals surface area contributed by atoms with Crippen LogP contribution in [0.5, 0.6) is 0 Å². The molecule has 144 valence electrons. The monoisotopic (exact) mass is 417 g/mol. The van der Waals surface area contributed by atoms with Crippen molar-refractivity contribution in [3.63, 3.8) is 0 Å². The van der Waals surface area contributed by atoms with E-state index in [1.54, 1.807) is 24.3 Å². The molecule has 0 aliphatic rings. The van der Waals surface area contributed by atoms with E-state index in [9.17, 15) is 18.4 Å². The summed E-state index contributed by atoms with van der Waals surface area (Å²) in [7, 11) is 0. The fourth-order valence-electron chi connectivity index (χ4n) is 2.28. The standard InChI is InChI=1S/C17H14N4O5S2/c18-15-14(13(22)9-1-3-10(4-2-9)16(23)24)27-17(20-15)19-11-5-7-12(8-6-11)21-28(25)26/h1-8,21H,18H2,(H,19,20)(H,23,24)(H,25,26)/p-1. The quantitative estimate of drug-likeness (QED) is 0.337. The van der Waals surface area contributed by atoms with Crippen molar-refractivity contribution in [3.8, 4) is 0 Å². The van der Waals surface area contributed by atoms with Gasteiger partial charge in [0.05, 0.1) is 5.56 Å². The van der Waals surface area contributed by atoms with E-state index in [0.29, 0.717) is 22.1 Å². The van der Waals surface area contributed by atoms with Crippen molar-refractivity contribution in [3.05, 3.63) is 64.5 Å². The Balaban J connectivity index is 1.76. The summed E-state index contributed by atoms with van der Waals surface area (Å²) in [6.45, 7) is 0. The minimum absolute atomic E-state index is 0.0554. The summed E-state index contributed by atoms with van der Waals surface area (Å²) in [6, 6.07) is 11.9. The maximum absolute atomic E-state index is 12.6. The van der Waals surface area contributed by atoms with Gasteiger partial charge in [-0.2, -0.15) is 0 Å². The lowest BCUT2D eigenvalue weighted by molar-refractivity contribution is 0.0696. The first-order valence-corrected chi connectivity index (χ1v) is 9.60. The molecule has 1 aromatic heterocycles. The van der Waals surface area contributed by atoms with Crippen molar-refractivity contribution in [2.45, 2.75) is 0 Å². The third kappa shape index (κ3) is 4.52. The number of hydrogen-bond donors (Lipinski definition) is 4. The average Bonchev–Trinajstić information content (AvgIpc) is 3.02. The number of rotatable bonds is 7. The predicted octanol–water partition coefficient (Wildman–Crippen LogP) is 2.60. The molecule has 5 N–H and O–H groups in total. The predicted molar refractivity (Wildman–Crippen MR) is 106 cm³/mol. The van der Waals surface area contributed by atoms with Gasteiger partial charge >= 0.3 is 5.97 Å². The van der Waals surface area contributed by atoms with Gasteiger partial charge in [-0.3, -0.25) is 9.00 Å². The highest BCUT2D eigenvalue weighted by Gasteiger charge is 2.18. The van der Waals surface area contributed by atoms with Gasteiger partial charge in [-0.05, 0) is 36.4 Å². The number of anilines is 4. The van der Waals surface area contributed by atoms with Crippen molar-refractivity contribution >= 4 is 56.7 Å². The van der Waals surface area contributed by atoms with Crippen LogP contribution < -0.4 is 15.8 Å². The number of aromatic nitrogens is 1. The second kappa shape index (κ2) is 8.17. The third-order valence-corrected chi connectivity index (χ3v) is 4.98. The van der Waals surface area contributed by atoms with Crippen LogP contribution >= 0.6 is 11.3 Å². The fraction of sp³-hybridized carbons (Fsp3) is 0. The Hall–Kier alpha value is -3.28. The van der Waals surface area contributed by atoms with Crippen molar-refractivity contribution in [2.24, 2.45) is 0 Å². The second-order valence-corrected chi connectivity index (χ2v) is 7.16. The number of carboxylic acids is 1. The minimum Gasteiger partial charge on any atom is -0.755 e. The van der Waals surface area contributed by atoms with Crippen molar-refractivity contribution in [1.82, 2.24) is 4.98 Å². The number of carboxylic acid groups (broad SMARTS) is 1. The number of nitrogens with zero attached hydrogens (tertiary/aromatic N) is 1. The molecule has 0 spiro atoms. The van der Waals surface area contributed by atoms with E-state index in [4.69, 9.17) is 10.8 Å². The molecule has 0 aliphatic carbocycles. The van der Waals surface area contributed by atoms with Crippen LogP contribution in [0.25, 0.3) is 0 Å². The highest BCUT2D eigenvalue weighted by atomic mass is 32.2. The Morgan fingerprint density at radius 1 is 1.04 bits per heavy atom. The van der Waals surface area contributed by atoms with Crippen LogP contribution in [0.15, 0.2) is 48.5 Å². The maximum Gasteiger partial charge on any atom is 0.335 e. The van der Waals surface area contributed by atoms with Gasteiger partial charge in [0.15, 0.2) is 5.13 Å². The number of thiazole rings is 1. The van der Waals surface area contributed by atoms with E-state index >= 15 is 0 Å². The van der Waals surface area contributed by atoms with Crippen molar-refractivity contribution in [2.75, 3.05) is 15.8 Å². The Bertz CT molecular complexity index is 1050. The number of ketones is 1. The smallest absolute Gasteiger partial charge is 0.335 e. The van der Waals surface area contributed by atoms with Crippen LogP contribution in [-0.4, -0.2) is 30.6 Å². The molecule has 2 aromatic carbocycles. The first-order valence-electron chi connectivity index (χ1n) is 7.71. The largest absolute Gasteiger partial charge is 0.755 e. The number of nitrogens with two attached hydrogens (primary N) is 1. The number of aromatic carboxylic acids is 1. The molecule has 0 radical (unpaired) electrons. The van der Waals surface area contributed by atoms with Gasteiger partial charge in [0.25, 0.3) is 0 Å². The SMILES string of the molecule is Nc1nc(Nc2ccc(NS(=O)[O-])cc2)sc1C(=O)c1ccc(C(=O)O)cc1. The van der Waals surface area contributed by atoms with Crippen LogP contribution in [0.2, 0.25) is 0 Å². The summed E-state index contributed by atoms with van der Waals surface area (Å²) in [6.07, 6.45) is 0. The third-order valence-electron chi connectivity index (χ3n) is 3.59. The molecule has 28 heavy (non-hydrogen) atoms. The van der Waals surface area contributed by atoms with Gasteiger partial charge in [0.2, 0.25) is 5.78 Å². The molecule has 3 aromatic rings. The molecule has 0 saturated heterocycles. The highest BCUT2D eigenvalue weighted by Crippen LogP contribution is 2.30. The van der Waals surface area contributed by atoms with Gasteiger partial charge < -0.3 is 25.4 Å². The number of carbonyl (C=O) groups excluding carboxylic acids is 1. The molecule has 1 heterocycles. The van der Waals surface area contributed by atoms with Crippen molar-refractivity contribution in [1.29, 1.82) is 0 Å². The molecule has 3 rings (SSSR count). The van der Waals surface area contributed by atoms with Gasteiger partial charge in [0.1, 0.15) is 10.7 Å².